The maximum Gasteiger partial charge on any atom is 0.0912 e. The third-order valence-electron chi connectivity index (χ3n) is 1.58. The zero-order valence-electron chi connectivity index (χ0n) is 7.47. The summed E-state index contributed by atoms with van der Waals surface area (Å²) in [5.74, 6) is 0. The van der Waals surface area contributed by atoms with E-state index in [0.717, 1.165) is 5.70 Å². The van der Waals surface area contributed by atoms with Crippen LogP contribution in [0, 0.1) is 0 Å². The fourth-order valence-electron chi connectivity index (χ4n) is 0.641. The van der Waals surface area contributed by atoms with Crippen molar-refractivity contribution in [2.45, 2.75) is 40.7 Å². The van der Waals surface area contributed by atoms with Crippen LogP contribution in [0.1, 0.15) is 34.6 Å². The third kappa shape index (κ3) is 1.94. The predicted molar refractivity (Wildman–Crippen MR) is 44.0 cm³/mol. The molecule has 0 spiro atoms. The number of hydrogen-bond donors (Lipinski definition) is 0. The van der Waals surface area contributed by atoms with E-state index in [1.165, 1.54) is 5.57 Å². The molecule has 58 valence electrons. The quantitative estimate of drug-likeness (QED) is 0.493. The molecular weight excluding hydrogens is 124 g/mol. The molecule has 1 aliphatic heterocycles. The molecule has 1 aliphatic rings. The van der Waals surface area contributed by atoms with Crippen LogP contribution in [0.5, 0.6) is 0 Å². The van der Waals surface area contributed by atoms with Crippen molar-refractivity contribution in [2.75, 3.05) is 0 Å². The molecule has 0 saturated heterocycles. The first kappa shape index (κ1) is 9.34. The minimum Gasteiger partial charge on any atom is -0.181 e. The zero-order chi connectivity index (χ0) is 8.15. The maximum absolute atomic E-state index is 3.95. The van der Waals surface area contributed by atoms with Crippen LogP contribution < -0.4 is 0 Å². The van der Waals surface area contributed by atoms with E-state index in [2.05, 4.69) is 24.1 Å². The van der Waals surface area contributed by atoms with Crippen LogP contribution in [-0.4, -0.2) is 6.04 Å². The average molecular weight is 140 g/mol. The van der Waals surface area contributed by atoms with Crippen molar-refractivity contribution in [1.29, 1.82) is 0 Å². The monoisotopic (exact) mass is 140 g/mol. The van der Waals surface area contributed by atoms with E-state index in [1.54, 1.807) is 0 Å². The van der Waals surface area contributed by atoms with E-state index in [0.29, 0.717) is 6.04 Å². The summed E-state index contributed by atoms with van der Waals surface area (Å²) in [6.07, 6.45) is 0. The average Bonchev–Trinajstić information content (AvgIpc) is 2.25. The van der Waals surface area contributed by atoms with Gasteiger partial charge in [-0.1, -0.05) is 13.8 Å². The number of hydrogen-bond acceptors (Lipinski definition) is 2. The Balaban J connectivity index is 0.000000371. The highest BCUT2D eigenvalue weighted by atomic mass is 15.2. The van der Waals surface area contributed by atoms with Crippen molar-refractivity contribution in [2.24, 2.45) is 10.2 Å². The Kier molecular flexibility index (Phi) is 3.93. The molecule has 0 saturated carbocycles. The van der Waals surface area contributed by atoms with Crippen molar-refractivity contribution in [1.82, 2.24) is 0 Å². The molecule has 0 fully saturated rings. The summed E-state index contributed by atoms with van der Waals surface area (Å²) >= 11 is 0. The van der Waals surface area contributed by atoms with E-state index in [9.17, 15) is 0 Å². The Hall–Kier alpha value is -0.660. The summed E-state index contributed by atoms with van der Waals surface area (Å²) < 4.78 is 0. The zero-order valence-corrected chi connectivity index (χ0v) is 7.47. The molecule has 0 amide bonds. The van der Waals surface area contributed by atoms with Crippen molar-refractivity contribution in [3.63, 3.8) is 0 Å². The highest BCUT2D eigenvalue weighted by Gasteiger charge is 2.10. The predicted octanol–water partition coefficient (Wildman–Crippen LogP) is 3.16. The number of nitrogens with zero attached hydrogens (tertiary/aromatic N) is 2. The summed E-state index contributed by atoms with van der Waals surface area (Å²) in [4.78, 5) is 0. The summed E-state index contributed by atoms with van der Waals surface area (Å²) in [7, 11) is 0. The van der Waals surface area contributed by atoms with Crippen molar-refractivity contribution >= 4 is 0 Å². The first-order valence-corrected chi connectivity index (χ1v) is 3.80. The van der Waals surface area contributed by atoms with Crippen LogP contribution in [0.15, 0.2) is 21.5 Å². The van der Waals surface area contributed by atoms with E-state index >= 15 is 0 Å². The van der Waals surface area contributed by atoms with E-state index < -0.39 is 0 Å². The molecule has 10 heavy (non-hydrogen) atoms. The van der Waals surface area contributed by atoms with Gasteiger partial charge in [0, 0.05) is 0 Å². The molecular formula is C8H16N2. The van der Waals surface area contributed by atoms with Crippen LogP contribution in [0.25, 0.3) is 0 Å². The molecule has 0 aromatic rings. The molecule has 0 aromatic carbocycles. The highest BCUT2D eigenvalue weighted by molar-refractivity contribution is 5.17. The van der Waals surface area contributed by atoms with Crippen LogP contribution in [-0.2, 0) is 0 Å². The number of allylic oxidation sites excluding steroid dienone is 1. The fraction of sp³-hybridized carbons (Fsp3) is 0.750. The highest BCUT2D eigenvalue weighted by Crippen LogP contribution is 2.19. The van der Waals surface area contributed by atoms with Crippen molar-refractivity contribution < 1.29 is 0 Å². The summed E-state index contributed by atoms with van der Waals surface area (Å²) in [6.45, 7) is 10.1. The summed E-state index contributed by atoms with van der Waals surface area (Å²) in [5, 5.41) is 7.85. The molecule has 0 aromatic heterocycles. The first-order valence-electron chi connectivity index (χ1n) is 3.80. The van der Waals surface area contributed by atoms with Gasteiger partial charge >= 0.3 is 0 Å². The Morgan fingerprint density at radius 1 is 1.20 bits per heavy atom. The Morgan fingerprint density at radius 3 is 1.80 bits per heavy atom. The van der Waals surface area contributed by atoms with Gasteiger partial charge in [0.1, 0.15) is 0 Å². The van der Waals surface area contributed by atoms with Gasteiger partial charge < -0.3 is 0 Å². The lowest BCUT2D eigenvalue weighted by Crippen LogP contribution is -1.93. The van der Waals surface area contributed by atoms with E-state index in [4.69, 9.17) is 0 Å². The fourth-order valence-corrected chi connectivity index (χ4v) is 0.641. The molecule has 0 radical (unpaired) electrons. The van der Waals surface area contributed by atoms with Crippen LogP contribution >= 0.6 is 0 Å². The number of azo groups is 1. The normalized spacial score (nSPS) is 22.7. The van der Waals surface area contributed by atoms with Gasteiger partial charge in [0.25, 0.3) is 0 Å². The molecule has 1 atom stereocenters. The molecule has 0 bridgehead atoms. The number of rotatable bonds is 0. The SMILES string of the molecule is CC.CC1=C(C)C(C)N=N1. The van der Waals surface area contributed by atoms with Gasteiger partial charge in [0.05, 0.1) is 11.7 Å². The second-order valence-corrected chi connectivity index (χ2v) is 2.16. The van der Waals surface area contributed by atoms with Gasteiger partial charge in [-0.3, -0.25) is 0 Å². The van der Waals surface area contributed by atoms with Crippen LogP contribution in [0.2, 0.25) is 0 Å². The van der Waals surface area contributed by atoms with Crippen LogP contribution in [0.3, 0.4) is 0 Å². The molecule has 0 N–H and O–H groups in total. The van der Waals surface area contributed by atoms with Gasteiger partial charge in [0.2, 0.25) is 0 Å². The second kappa shape index (κ2) is 4.20. The lowest BCUT2D eigenvalue weighted by atomic mass is 10.1. The van der Waals surface area contributed by atoms with Gasteiger partial charge in [-0.25, -0.2) is 0 Å². The van der Waals surface area contributed by atoms with Gasteiger partial charge in [-0.15, -0.1) is 0 Å². The minimum atomic E-state index is 0.329. The summed E-state index contributed by atoms with van der Waals surface area (Å²) in [6, 6.07) is 0.329. The molecule has 2 nitrogen and oxygen atoms in total. The largest absolute Gasteiger partial charge is 0.181 e. The summed E-state index contributed by atoms with van der Waals surface area (Å²) in [5.41, 5.74) is 2.38. The molecule has 0 aliphatic carbocycles. The van der Waals surface area contributed by atoms with Gasteiger partial charge in [-0.05, 0) is 26.3 Å². The molecule has 1 heterocycles. The maximum atomic E-state index is 3.95. The first-order chi connectivity index (χ1) is 4.72. The Bertz CT molecular complexity index is 157. The Morgan fingerprint density at radius 2 is 1.70 bits per heavy atom. The standard InChI is InChI=1S/C6H10N2.C2H6/c1-4-5(2)7-8-6(4)3;1-2/h5H,1-3H3;1-2H3. The van der Waals surface area contributed by atoms with Crippen molar-refractivity contribution in [3.8, 4) is 0 Å². The molecule has 1 rings (SSSR count). The van der Waals surface area contributed by atoms with Crippen molar-refractivity contribution in [3.05, 3.63) is 11.3 Å². The lowest BCUT2D eigenvalue weighted by molar-refractivity contribution is 0.850. The molecule has 2 heteroatoms. The minimum absolute atomic E-state index is 0.329. The third-order valence-corrected chi connectivity index (χ3v) is 1.58. The smallest absolute Gasteiger partial charge is 0.0912 e. The topological polar surface area (TPSA) is 24.7 Å². The van der Waals surface area contributed by atoms with Gasteiger partial charge in [-0.2, -0.15) is 10.2 Å². The van der Waals surface area contributed by atoms with E-state index in [1.807, 2.05) is 20.8 Å². The van der Waals surface area contributed by atoms with Gasteiger partial charge in [0.15, 0.2) is 0 Å². The van der Waals surface area contributed by atoms with Crippen LogP contribution in [0.4, 0.5) is 0 Å². The second-order valence-electron chi connectivity index (χ2n) is 2.16. The van der Waals surface area contributed by atoms with E-state index in [-0.39, 0.29) is 0 Å². The lowest BCUT2D eigenvalue weighted by Gasteiger charge is -1.94. The molecule has 1 unspecified atom stereocenters. The Labute approximate surface area is 63.1 Å².